The molecule has 1 N–H and O–H groups in total. The lowest BCUT2D eigenvalue weighted by atomic mass is 10.1. The number of nitrogens with one attached hydrogen (secondary N) is 1. The van der Waals surface area contributed by atoms with Crippen LogP contribution in [-0.4, -0.2) is 39.6 Å². The molecule has 2 heterocycles. The molecule has 1 aliphatic rings. The highest BCUT2D eigenvalue weighted by molar-refractivity contribution is 6.31. The SMILES string of the molecule is CCCCn1nc(C)c(/C=C/C(=O)Nc2ccccc2C(=O)N2CCCCC2)c1Cl. The summed E-state index contributed by atoms with van der Waals surface area (Å²) in [7, 11) is 0. The van der Waals surface area contributed by atoms with E-state index in [0.29, 0.717) is 16.4 Å². The molecule has 1 aromatic heterocycles. The second kappa shape index (κ2) is 10.4. The topological polar surface area (TPSA) is 67.2 Å². The number of likely N-dealkylation sites (tertiary alicyclic amines) is 1. The Morgan fingerprint density at radius 3 is 2.67 bits per heavy atom. The smallest absolute Gasteiger partial charge is 0.255 e. The van der Waals surface area contributed by atoms with Gasteiger partial charge in [0.25, 0.3) is 5.91 Å². The number of piperidine rings is 1. The highest BCUT2D eigenvalue weighted by Crippen LogP contribution is 2.23. The molecule has 3 rings (SSSR count). The summed E-state index contributed by atoms with van der Waals surface area (Å²) in [5, 5.41) is 7.82. The van der Waals surface area contributed by atoms with E-state index in [2.05, 4.69) is 17.3 Å². The fraction of sp³-hybridized carbons (Fsp3) is 0.435. The number of para-hydroxylation sites is 1. The molecule has 0 radical (unpaired) electrons. The van der Waals surface area contributed by atoms with Crippen molar-refractivity contribution in [3.63, 3.8) is 0 Å². The molecular weight excluding hydrogens is 400 g/mol. The zero-order valence-corrected chi connectivity index (χ0v) is 18.4. The zero-order valence-electron chi connectivity index (χ0n) is 17.7. The first-order valence-electron chi connectivity index (χ1n) is 10.6. The first kappa shape index (κ1) is 22.1. The molecule has 30 heavy (non-hydrogen) atoms. The molecule has 2 aromatic rings. The molecule has 160 valence electrons. The van der Waals surface area contributed by atoms with Crippen LogP contribution >= 0.6 is 11.6 Å². The maximum atomic E-state index is 12.9. The van der Waals surface area contributed by atoms with Crippen LogP contribution in [0.3, 0.4) is 0 Å². The van der Waals surface area contributed by atoms with Gasteiger partial charge < -0.3 is 10.2 Å². The van der Waals surface area contributed by atoms with Crippen molar-refractivity contribution in [1.29, 1.82) is 0 Å². The molecule has 0 spiro atoms. The van der Waals surface area contributed by atoms with E-state index in [4.69, 9.17) is 11.6 Å². The van der Waals surface area contributed by atoms with E-state index in [0.717, 1.165) is 63.0 Å². The van der Waals surface area contributed by atoms with Crippen LogP contribution in [0.15, 0.2) is 30.3 Å². The Labute approximate surface area is 182 Å². The predicted octanol–water partition coefficient (Wildman–Crippen LogP) is 4.92. The van der Waals surface area contributed by atoms with Crippen molar-refractivity contribution in [2.75, 3.05) is 18.4 Å². The minimum absolute atomic E-state index is 0.0364. The lowest BCUT2D eigenvalue weighted by molar-refractivity contribution is -0.111. The van der Waals surface area contributed by atoms with Gasteiger partial charge in [0.15, 0.2) is 0 Å². The van der Waals surface area contributed by atoms with Crippen LogP contribution < -0.4 is 5.32 Å². The van der Waals surface area contributed by atoms with Gasteiger partial charge in [-0.3, -0.25) is 14.3 Å². The summed E-state index contributed by atoms with van der Waals surface area (Å²) >= 11 is 6.43. The Bertz CT molecular complexity index is 929. The van der Waals surface area contributed by atoms with Gasteiger partial charge in [-0.1, -0.05) is 37.1 Å². The molecule has 0 unspecified atom stereocenters. The number of aromatic nitrogens is 2. The van der Waals surface area contributed by atoms with Crippen LogP contribution in [0, 0.1) is 6.92 Å². The second-order valence-electron chi connectivity index (χ2n) is 7.59. The van der Waals surface area contributed by atoms with Gasteiger partial charge in [0.2, 0.25) is 5.91 Å². The van der Waals surface area contributed by atoms with Gasteiger partial charge in [-0.05, 0) is 50.8 Å². The highest BCUT2D eigenvalue weighted by Gasteiger charge is 2.21. The van der Waals surface area contributed by atoms with Crippen LogP contribution in [0.25, 0.3) is 6.08 Å². The van der Waals surface area contributed by atoms with Crippen molar-refractivity contribution in [2.45, 2.75) is 52.5 Å². The maximum absolute atomic E-state index is 12.9. The summed E-state index contributed by atoms with van der Waals surface area (Å²) in [6.45, 7) is 6.27. The summed E-state index contributed by atoms with van der Waals surface area (Å²) in [5.74, 6) is -0.351. The molecule has 1 saturated heterocycles. The van der Waals surface area contributed by atoms with Crippen LogP contribution in [0.1, 0.15) is 60.6 Å². The minimum Gasteiger partial charge on any atom is -0.339 e. The Balaban J connectivity index is 1.71. The van der Waals surface area contributed by atoms with Crippen molar-refractivity contribution in [3.8, 4) is 0 Å². The fourth-order valence-corrected chi connectivity index (χ4v) is 3.91. The van der Waals surface area contributed by atoms with Gasteiger partial charge in [-0.25, -0.2) is 0 Å². The standard InChI is InChI=1S/C23H29ClN4O2/c1-3-4-16-28-22(24)18(17(2)26-28)12-13-21(29)25-20-11-7-6-10-19(20)23(30)27-14-8-5-9-15-27/h6-7,10-13H,3-5,8-9,14-16H2,1-2H3,(H,25,29)/b13-12+. The number of carbonyl (C=O) groups is 2. The molecule has 0 bridgehead atoms. The predicted molar refractivity (Wildman–Crippen MR) is 121 cm³/mol. The Hall–Kier alpha value is -2.60. The number of anilines is 1. The quantitative estimate of drug-likeness (QED) is 0.636. The summed E-state index contributed by atoms with van der Waals surface area (Å²) in [6.07, 6.45) is 8.36. The monoisotopic (exact) mass is 428 g/mol. The number of amides is 2. The zero-order chi connectivity index (χ0) is 21.5. The molecule has 6 nitrogen and oxygen atoms in total. The molecule has 2 amide bonds. The summed E-state index contributed by atoms with van der Waals surface area (Å²) in [4.78, 5) is 27.3. The molecule has 1 aromatic carbocycles. The van der Waals surface area contributed by atoms with Gasteiger partial charge in [-0.15, -0.1) is 0 Å². The van der Waals surface area contributed by atoms with E-state index >= 15 is 0 Å². The van der Waals surface area contributed by atoms with Crippen LogP contribution in [-0.2, 0) is 11.3 Å². The Morgan fingerprint density at radius 2 is 1.93 bits per heavy atom. The van der Waals surface area contributed by atoms with Crippen molar-refractivity contribution < 1.29 is 9.59 Å². The van der Waals surface area contributed by atoms with Gasteiger partial charge in [0.1, 0.15) is 5.15 Å². The van der Waals surface area contributed by atoms with Gasteiger partial charge in [-0.2, -0.15) is 5.10 Å². The van der Waals surface area contributed by atoms with E-state index in [1.165, 1.54) is 6.08 Å². The normalized spacial score (nSPS) is 14.3. The summed E-state index contributed by atoms with van der Waals surface area (Å²) in [5.41, 5.74) is 2.55. The second-order valence-corrected chi connectivity index (χ2v) is 7.95. The van der Waals surface area contributed by atoms with E-state index in [-0.39, 0.29) is 11.8 Å². The number of aryl methyl sites for hydroxylation is 2. The number of hydrogen-bond acceptors (Lipinski definition) is 3. The lowest BCUT2D eigenvalue weighted by Gasteiger charge is -2.27. The number of halogens is 1. The molecular formula is C23H29ClN4O2. The minimum atomic E-state index is -0.314. The van der Waals surface area contributed by atoms with Crippen molar-refractivity contribution >= 4 is 35.2 Å². The van der Waals surface area contributed by atoms with E-state index in [1.807, 2.05) is 24.0 Å². The van der Waals surface area contributed by atoms with Gasteiger partial charge in [0.05, 0.1) is 16.9 Å². The third kappa shape index (κ3) is 5.30. The summed E-state index contributed by atoms with van der Waals surface area (Å²) < 4.78 is 1.77. The number of benzene rings is 1. The molecule has 0 atom stereocenters. The number of carbonyl (C=O) groups excluding carboxylic acids is 2. The van der Waals surface area contributed by atoms with Crippen LogP contribution in [0.5, 0.6) is 0 Å². The van der Waals surface area contributed by atoms with E-state index < -0.39 is 0 Å². The first-order valence-corrected chi connectivity index (χ1v) is 11.0. The third-order valence-electron chi connectivity index (χ3n) is 5.29. The van der Waals surface area contributed by atoms with E-state index in [1.54, 1.807) is 22.9 Å². The summed E-state index contributed by atoms with van der Waals surface area (Å²) in [6, 6.07) is 7.14. The van der Waals surface area contributed by atoms with Crippen molar-refractivity contribution in [1.82, 2.24) is 14.7 Å². The fourth-order valence-electron chi connectivity index (χ4n) is 3.59. The highest BCUT2D eigenvalue weighted by atomic mass is 35.5. The molecule has 0 saturated carbocycles. The largest absolute Gasteiger partial charge is 0.339 e. The number of rotatable bonds is 7. The molecule has 1 aliphatic heterocycles. The van der Waals surface area contributed by atoms with Gasteiger partial charge >= 0.3 is 0 Å². The number of nitrogens with zero attached hydrogens (tertiary/aromatic N) is 3. The van der Waals surface area contributed by atoms with Crippen LogP contribution in [0.2, 0.25) is 5.15 Å². The Morgan fingerprint density at radius 1 is 1.20 bits per heavy atom. The molecule has 7 heteroatoms. The number of hydrogen-bond donors (Lipinski definition) is 1. The van der Waals surface area contributed by atoms with Gasteiger partial charge in [0, 0.05) is 31.3 Å². The number of unbranched alkanes of at least 4 members (excludes halogenated alkanes) is 1. The van der Waals surface area contributed by atoms with Crippen molar-refractivity contribution in [2.24, 2.45) is 0 Å². The third-order valence-corrected chi connectivity index (χ3v) is 5.69. The Kier molecular flexibility index (Phi) is 7.69. The molecule has 0 aliphatic carbocycles. The van der Waals surface area contributed by atoms with E-state index in [9.17, 15) is 9.59 Å². The van der Waals surface area contributed by atoms with Crippen molar-refractivity contribution in [3.05, 3.63) is 52.3 Å². The lowest BCUT2D eigenvalue weighted by Crippen LogP contribution is -2.36. The maximum Gasteiger partial charge on any atom is 0.255 e. The average molecular weight is 429 g/mol. The van der Waals surface area contributed by atoms with Crippen LogP contribution in [0.4, 0.5) is 5.69 Å². The average Bonchev–Trinajstić information content (AvgIpc) is 3.03. The molecule has 1 fully saturated rings. The first-order chi connectivity index (χ1) is 14.5.